The van der Waals surface area contributed by atoms with Crippen molar-refractivity contribution in [2.75, 3.05) is 5.32 Å². The Hall–Kier alpha value is -3.39. The minimum Gasteiger partial charge on any atom is -0.490 e. The van der Waals surface area contributed by atoms with Crippen molar-refractivity contribution in [1.82, 2.24) is 9.97 Å². The van der Waals surface area contributed by atoms with Gasteiger partial charge in [-0.1, -0.05) is 0 Å². The molecule has 5 rings (SSSR count). The molecule has 0 unspecified atom stereocenters. The summed E-state index contributed by atoms with van der Waals surface area (Å²) in [5.74, 6) is 1.37. The van der Waals surface area contributed by atoms with E-state index in [4.69, 9.17) is 15.5 Å². The van der Waals surface area contributed by atoms with Crippen molar-refractivity contribution in [3.8, 4) is 11.8 Å². The third-order valence-electron chi connectivity index (χ3n) is 7.13. The second-order valence-corrected chi connectivity index (χ2v) is 12.6. The van der Waals surface area contributed by atoms with Gasteiger partial charge >= 0.3 is 0 Å². The van der Waals surface area contributed by atoms with Gasteiger partial charge in [-0.15, -0.1) is 0 Å². The summed E-state index contributed by atoms with van der Waals surface area (Å²) in [5, 5.41) is 12.7. The van der Waals surface area contributed by atoms with Crippen LogP contribution in [0.15, 0.2) is 47.7 Å². The Labute approximate surface area is 205 Å². The standard InChI is InChI=1S/C25H28N6O3S/c1-14-9-20-25(4,31-23(27)24(2,3)35(20,32)33)18-11-17(5-6-19(18)34-14)30-22-21-16(7-8-28-22)10-15(12-26)13-29-21/h5-8,10-11,13-14,20,32-33H,9H2,1-4H3,(H2,27,31)(H,28,30)/t14-,20+,25+/m0/s1. The van der Waals surface area contributed by atoms with Gasteiger partial charge in [0, 0.05) is 35.5 Å². The highest BCUT2D eigenvalue weighted by Gasteiger charge is 2.58. The topological polar surface area (TPSA) is 150 Å². The van der Waals surface area contributed by atoms with E-state index in [1.54, 1.807) is 32.2 Å². The van der Waals surface area contributed by atoms with Crippen LogP contribution in [0.5, 0.6) is 5.75 Å². The fourth-order valence-electron chi connectivity index (χ4n) is 4.91. The first-order valence-electron chi connectivity index (χ1n) is 11.3. The SMILES string of the molecule is C[C@H]1C[C@@H]2[C@](C)(N=C(N)C(C)(C)S2(O)O)c2cc(Nc3nccc4cc(C#N)cnc34)ccc2O1. The van der Waals surface area contributed by atoms with Crippen molar-refractivity contribution in [1.29, 1.82) is 5.26 Å². The highest BCUT2D eigenvalue weighted by Crippen LogP contribution is 2.66. The molecule has 1 aromatic carbocycles. The summed E-state index contributed by atoms with van der Waals surface area (Å²) in [6.07, 6.45) is 3.35. The maximum atomic E-state index is 11.4. The number of fused-ring (bicyclic) bond motifs is 4. The van der Waals surface area contributed by atoms with E-state index in [-0.39, 0.29) is 11.9 Å². The number of hydrogen-bond donors (Lipinski definition) is 4. The fraction of sp³-hybridized carbons (Fsp3) is 0.360. The number of aliphatic imine (C=N–C) groups is 1. The minimum absolute atomic E-state index is 0.211. The molecule has 35 heavy (non-hydrogen) atoms. The Balaban J connectivity index is 1.63. The van der Waals surface area contributed by atoms with E-state index in [0.717, 1.165) is 10.9 Å². The van der Waals surface area contributed by atoms with Crippen molar-refractivity contribution >= 4 is 38.8 Å². The van der Waals surface area contributed by atoms with E-state index < -0.39 is 26.1 Å². The third-order valence-corrected chi connectivity index (χ3v) is 10.3. The summed E-state index contributed by atoms with van der Waals surface area (Å²) in [7, 11) is -3.18. The number of hydrogen-bond acceptors (Lipinski definition) is 9. The van der Waals surface area contributed by atoms with Gasteiger partial charge in [0.15, 0.2) is 5.82 Å². The number of nitrogens with two attached hydrogens (primary N) is 1. The number of nitrogens with zero attached hydrogens (tertiary/aromatic N) is 4. The van der Waals surface area contributed by atoms with Crippen LogP contribution in [0.3, 0.4) is 0 Å². The van der Waals surface area contributed by atoms with Gasteiger partial charge in [0.05, 0.1) is 16.9 Å². The lowest BCUT2D eigenvalue weighted by atomic mass is 9.85. The quantitative estimate of drug-likeness (QED) is 0.394. The summed E-state index contributed by atoms with van der Waals surface area (Å²) in [6, 6.07) is 11.3. The Bertz CT molecular complexity index is 1420. The first-order chi connectivity index (χ1) is 16.5. The first kappa shape index (κ1) is 23.4. The van der Waals surface area contributed by atoms with Crippen LogP contribution in [0, 0.1) is 11.3 Å². The Morgan fingerprint density at radius 2 is 1.97 bits per heavy atom. The molecule has 10 heteroatoms. The number of nitrogens with one attached hydrogen (secondary N) is 1. The predicted molar refractivity (Wildman–Crippen MR) is 138 cm³/mol. The lowest BCUT2D eigenvalue weighted by Crippen LogP contribution is -2.57. The number of benzene rings is 1. The largest absolute Gasteiger partial charge is 0.490 e. The van der Waals surface area contributed by atoms with Crippen LogP contribution in [0.2, 0.25) is 0 Å². The van der Waals surface area contributed by atoms with Crippen molar-refractivity contribution < 1.29 is 13.8 Å². The molecule has 0 bridgehead atoms. The van der Waals surface area contributed by atoms with E-state index >= 15 is 0 Å². The molecule has 0 spiro atoms. The molecule has 0 saturated heterocycles. The predicted octanol–water partition coefficient (Wildman–Crippen LogP) is 4.90. The van der Waals surface area contributed by atoms with Crippen molar-refractivity contribution in [3.05, 3.63) is 53.9 Å². The van der Waals surface area contributed by atoms with Gasteiger partial charge in [-0.2, -0.15) is 15.9 Å². The van der Waals surface area contributed by atoms with Crippen LogP contribution < -0.4 is 15.8 Å². The van der Waals surface area contributed by atoms with Crippen LogP contribution >= 0.6 is 10.6 Å². The van der Waals surface area contributed by atoms with Crippen molar-refractivity contribution in [3.63, 3.8) is 0 Å². The molecule has 182 valence electrons. The molecule has 0 saturated carbocycles. The number of ether oxygens (including phenoxy) is 1. The number of pyridine rings is 2. The normalized spacial score (nSPS) is 27.3. The van der Waals surface area contributed by atoms with E-state index in [0.29, 0.717) is 34.8 Å². The van der Waals surface area contributed by atoms with E-state index in [1.165, 1.54) is 6.20 Å². The smallest absolute Gasteiger partial charge is 0.156 e. The number of aromatic nitrogens is 2. The maximum absolute atomic E-state index is 11.4. The molecule has 4 heterocycles. The fourth-order valence-corrected chi connectivity index (χ4v) is 7.33. The van der Waals surface area contributed by atoms with Gasteiger partial charge in [-0.25, -0.2) is 4.98 Å². The molecule has 3 aromatic rings. The van der Waals surface area contributed by atoms with Gasteiger partial charge in [0.1, 0.15) is 33.5 Å². The summed E-state index contributed by atoms with van der Waals surface area (Å²) >= 11 is 0. The van der Waals surface area contributed by atoms with Gasteiger partial charge in [-0.05, 0) is 58.0 Å². The zero-order valence-electron chi connectivity index (χ0n) is 20.0. The van der Waals surface area contributed by atoms with E-state index in [1.807, 2.05) is 32.0 Å². The molecule has 3 atom stereocenters. The zero-order valence-corrected chi connectivity index (χ0v) is 20.8. The number of rotatable bonds is 2. The molecule has 0 radical (unpaired) electrons. The van der Waals surface area contributed by atoms with Gasteiger partial charge in [0.2, 0.25) is 0 Å². The Kier molecular flexibility index (Phi) is 5.21. The number of amidine groups is 1. The monoisotopic (exact) mass is 492 g/mol. The lowest BCUT2D eigenvalue weighted by molar-refractivity contribution is 0.210. The van der Waals surface area contributed by atoms with Crippen LogP contribution in [0.1, 0.15) is 45.2 Å². The molecule has 9 nitrogen and oxygen atoms in total. The molecule has 0 fully saturated rings. The van der Waals surface area contributed by atoms with Crippen LogP contribution in [0.4, 0.5) is 11.5 Å². The molecule has 0 aliphatic carbocycles. The molecule has 0 amide bonds. The summed E-state index contributed by atoms with van der Waals surface area (Å²) in [6.45, 7) is 7.27. The Morgan fingerprint density at radius 3 is 2.71 bits per heavy atom. The molecular formula is C25H28N6O3S. The van der Waals surface area contributed by atoms with Crippen LogP contribution in [-0.2, 0) is 5.54 Å². The minimum atomic E-state index is -3.18. The van der Waals surface area contributed by atoms with E-state index in [2.05, 4.69) is 21.4 Å². The van der Waals surface area contributed by atoms with E-state index in [9.17, 15) is 14.4 Å². The average Bonchev–Trinajstić information content (AvgIpc) is 2.92. The summed E-state index contributed by atoms with van der Waals surface area (Å²) in [4.78, 5) is 13.7. The maximum Gasteiger partial charge on any atom is 0.156 e. The number of anilines is 2. The van der Waals surface area contributed by atoms with Gasteiger partial charge < -0.3 is 15.8 Å². The summed E-state index contributed by atoms with van der Waals surface area (Å²) < 4.78 is 28.0. The first-order valence-corrected chi connectivity index (χ1v) is 12.9. The van der Waals surface area contributed by atoms with Crippen LogP contribution in [-0.4, -0.2) is 41.0 Å². The van der Waals surface area contributed by atoms with Crippen molar-refractivity contribution in [2.45, 2.75) is 55.8 Å². The zero-order chi connectivity index (χ0) is 25.2. The lowest BCUT2D eigenvalue weighted by Gasteiger charge is -2.58. The second kappa shape index (κ2) is 7.81. The third kappa shape index (κ3) is 3.50. The summed E-state index contributed by atoms with van der Waals surface area (Å²) in [5.41, 5.74) is 7.86. The Morgan fingerprint density at radius 1 is 1.20 bits per heavy atom. The molecule has 2 aliphatic rings. The average molecular weight is 493 g/mol. The molecule has 5 N–H and O–H groups in total. The van der Waals surface area contributed by atoms with Gasteiger partial charge in [-0.3, -0.25) is 19.1 Å². The second-order valence-electron chi connectivity index (χ2n) is 9.80. The molecule has 2 aliphatic heterocycles. The molecule has 2 aromatic heterocycles. The van der Waals surface area contributed by atoms with Crippen LogP contribution in [0.25, 0.3) is 10.9 Å². The molecular weight excluding hydrogens is 464 g/mol. The van der Waals surface area contributed by atoms with Crippen molar-refractivity contribution in [2.24, 2.45) is 10.7 Å². The highest BCUT2D eigenvalue weighted by atomic mass is 32.3. The number of nitriles is 1. The highest BCUT2D eigenvalue weighted by molar-refractivity contribution is 8.26. The van der Waals surface area contributed by atoms with Gasteiger partial charge in [0.25, 0.3) is 0 Å².